The Balaban J connectivity index is 1.53. The van der Waals surface area contributed by atoms with Crippen molar-refractivity contribution in [2.24, 2.45) is 11.8 Å². The molecule has 1 saturated carbocycles. The zero-order chi connectivity index (χ0) is 15.1. The van der Waals surface area contributed by atoms with Gasteiger partial charge in [0.2, 0.25) is 0 Å². The minimum Gasteiger partial charge on any atom is -0.300 e. The highest BCUT2D eigenvalue weighted by molar-refractivity contribution is 5.31. The lowest BCUT2D eigenvalue weighted by Crippen LogP contribution is -2.37. The second-order valence-electron chi connectivity index (χ2n) is 7.91. The van der Waals surface area contributed by atoms with Gasteiger partial charge in [-0.25, -0.2) is 0 Å². The number of nitrogens with zero attached hydrogens (tertiary/aromatic N) is 2. The van der Waals surface area contributed by atoms with E-state index in [9.17, 15) is 0 Å². The first kappa shape index (κ1) is 14.7. The van der Waals surface area contributed by atoms with Crippen molar-refractivity contribution in [1.29, 1.82) is 0 Å². The Bertz CT molecular complexity index is 520. The van der Waals surface area contributed by atoms with Gasteiger partial charge in [-0.1, -0.05) is 43.5 Å². The van der Waals surface area contributed by atoms with Crippen molar-refractivity contribution < 1.29 is 0 Å². The molecular formula is C20H30N2. The summed E-state index contributed by atoms with van der Waals surface area (Å²) >= 11 is 0. The minimum atomic E-state index is 0.639. The van der Waals surface area contributed by atoms with E-state index in [1.165, 1.54) is 57.3 Å². The lowest BCUT2D eigenvalue weighted by atomic mass is 9.88. The van der Waals surface area contributed by atoms with Gasteiger partial charge >= 0.3 is 0 Å². The molecule has 0 unspecified atom stereocenters. The van der Waals surface area contributed by atoms with Crippen molar-refractivity contribution in [1.82, 2.24) is 9.80 Å². The van der Waals surface area contributed by atoms with Crippen LogP contribution in [0.25, 0.3) is 0 Å². The van der Waals surface area contributed by atoms with E-state index in [2.05, 4.69) is 48.0 Å². The highest BCUT2D eigenvalue weighted by Gasteiger charge is 2.47. The molecule has 0 bridgehead atoms. The van der Waals surface area contributed by atoms with E-state index in [4.69, 9.17) is 0 Å². The van der Waals surface area contributed by atoms with Crippen molar-refractivity contribution in [3.05, 3.63) is 35.4 Å². The standard InChI is InChI=1S/C20H30N2/c1-15-8-6-7-11-18(15)20-19-14-22(13-16(19)12-21(20)2)17-9-4-3-5-10-17/h6-8,11,16-17,19-20H,3-5,9-10,12-14H2,1-2H3/t16-,19+,20-/m0/s1. The molecule has 2 heteroatoms. The summed E-state index contributed by atoms with van der Waals surface area (Å²) in [6, 6.07) is 10.6. The van der Waals surface area contributed by atoms with Crippen molar-refractivity contribution in [3.8, 4) is 0 Å². The van der Waals surface area contributed by atoms with Crippen LogP contribution in [0.4, 0.5) is 0 Å². The molecule has 2 saturated heterocycles. The maximum Gasteiger partial charge on any atom is 0.0391 e. The normalized spacial score (nSPS) is 34.2. The molecule has 3 fully saturated rings. The summed E-state index contributed by atoms with van der Waals surface area (Å²) in [7, 11) is 2.33. The van der Waals surface area contributed by atoms with Gasteiger partial charge in [0.25, 0.3) is 0 Å². The molecular weight excluding hydrogens is 268 g/mol. The summed E-state index contributed by atoms with van der Waals surface area (Å²) in [5.41, 5.74) is 3.04. The maximum atomic E-state index is 2.85. The molecule has 2 aliphatic heterocycles. The van der Waals surface area contributed by atoms with Crippen LogP contribution < -0.4 is 0 Å². The SMILES string of the molecule is Cc1ccccc1[C@H]1[C@@H]2CN(C3CCCCC3)C[C@@H]2CN1C. The summed E-state index contributed by atoms with van der Waals surface area (Å²) < 4.78 is 0. The Morgan fingerprint density at radius 1 is 0.955 bits per heavy atom. The molecule has 0 aromatic heterocycles. The van der Waals surface area contributed by atoms with E-state index in [1.807, 2.05) is 0 Å². The van der Waals surface area contributed by atoms with Crippen LogP contribution >= 0.6 is 0 Å². The molecule has 0 radical (unpaired) electrons. The van der Waals surface area contributed by atoms with Gasteiger partial charge in [0.05, 0.1) is 0 Å². The zero-order valence-corrected chi connectivity index (χ0v) is 14.2. The third kappa shape index (κ3) is 2.51. The second-order valence-corrected chi connectivity index (χ2v) is 7.91. The number of likely N-dealkylation sites (tertiary alicyclic amines) is 2. The summed E-state index contributed by atoms with van der Waals surface area (Å²) in [5.74, 6) is 1.73. The summed E-state index contributed by atoms with van der Waals surface area (Å²) in [5, 5.41) is 0. The maximum absolute atomic E-state index is 2.85. The van der Waals surface area contributed by atoms with Crippen molar-refractivity contribution in [2.75, 3.05) is 26.7 Å². The van der Waals surface area contributed by atoms with Crippen LogP contribution in [0.3, 0.4) is 0 Å². The van der Waals surface area contributed by atoms with Crippen molar-refractivity contribution in [3.63, 3.8) is 0 Å². The molecule has 1 aliphatic carbocycles. The van der Waals surface area contributed by atoms with Crippen LogP contribution in [0.5, 0.6) is 0 Å². The molecule has 4 rings (SSSR count). The Labute approximate surface area is 135 Å². The second kappa shape index (κ2) is 5.98. The molecule has 2 heterocycles. The van der Waals surface area contributed by atoms with Gasteiger partial charge in [0.15, 0.2) is 0 Å². The Kier molecular flexibility index (Phi) is 4.00. The number of aryl methyl sites for hydroxylation is 1. The molecule has 1 aromatic carbocycles. The number of hydrogen-bond donors (Lipinski definition) is 0. The van der Waals surface area contributed by atoms with Gasteiger partial charge < -0.3 is 0 Å². The van der Waals surface area contributed by atoms with E-state index in [1.54, 1.807) is 5.56 Å². The predicted octanol–water partition coefficient (Wildman–Crippen LogP) is 3.86. The summed E-state index contributed by atoms with van der Waals surface area (Å²) in [4.78, 5) is 5.47. The van der Waals surface area contributed by atoms with Gasteiger partial charge in [0.1, 0.15) is 0 Å². The van der Waals surface area contributed by atoms with Gasteiger partial charge in [-0.05, 0) is 49.8 Å². The van der Waals surface area contributed by atoms with Gasteiger partial charge in [0, 0.05) is 31.7 Å². The van der Waals surface area contributed by atoms with Crippen LogP contribution in [-0.4, -0.2) is 42.5 Å². The number of rotatable bonds is 2. The first-order valence-electron chi connectivity index (χ1n) is 9.24. The summed E-state index contributed by atoms with van der Waals surface area (Å²) in [6.45, 7) is 6.25. The number of hydrogen-bond acceptors (Lipinski definition) is 2. The molecule has 120 valence electrons. The molecule has 3 atom stereocenters. The zero-order valence-electron chi connectivity index (χ0n) is 14.2. The average molecular weight is 298 g/mol. The largest absolute Gasteiger partial charge is 0.300 e. The third-order valence-corrected chi connectivity index (χ3v) is 6.52. The molecule has 0 N–H and O–H groups in total. The van der Waals surface area contributed by atoms with Crippen LogP contribution in [0.15, 0.2) is 24.3 Å². The van der Waals surface area contributed by atoms with E-state index in [0.717, 1.165) is 17.9 Å². The highest BCUT2D eigenvalue weighted by atomic mass is 15.3. The van der Waals surface area contributed by atoms with Crippen molar-refractivity contribution >= 4 is 0 Å². The van der Waals surface area contributed by atoms with E-state index in [-0.39, 0.29) is 0 Å². The fourth-order valence-electron chi connectivity index (χ4n) is 5.42. The van der Waals surface area contributed by atoms with E-state index < -0.39 is 0 Å². The van der Waals surface area contributed by atoms with Gasteiger partial charge in [-0.15, -0.1) is 0 Å². The van der Waals surface area contributed by atoms with Crippen LogP contribution in [0.2, 0.25) is 0 Å². The van der Waals surface area contributed by atoms with E-state index in [0.29, 0.717) is 6.04 Å². The monoisotopic (exact) mass is 298 g/mol. The molecule has 2 nitrogen and oxygen atoms in total. The average Bonchev–Trinajstić information content (AvgIpc) is 3.06. The van der Waals surface area contributed by atoms with Crippen LogP contribution in [0, 0.1) is 18.8 Å². The Hall–Kier alpha value is -0.860. The molecule has 0 amide bonds. The fraction of sp³-hybridized carbons (Fsp3) is 0.700. The molecule has 0 spiro atoms. The predicted molar refractivity (Wildman–Crippen MR) is 92.0 cm³/mol. The molecule has 1 aromatic rings. The van der Waals surface area contributed by atoms with Crippen molar-refractivity contribution in [2.45, 2.75) is 51.1 Å². The van der Waals surface area contributed by atoms with Gasteiger partial charge in [-0.2, -0.15) is 0 Å². The minimum absolute atomic E-state index is 0.639. The van der Waals surface area contributed by atoms with Gasteiger partial charge in [-0.3, -0.25) is 9.80 Å². The highest BCUT2D eigenvalue weighted by Crippen LogP contribution is 2.46. The molecule has 3 aliphatic rings. The quantitative estimate of drug-likeness (QED) is 0.818. The fourth-order valence-corrected chi connectivity index (χ4v) is 5.42. The topological polar surface area (TPSA) is 6.48 Å². The smallest absolute Gasteiger partial charge is 0.0391 e. The first-order valence-corrected chi connectivity index (χ1v) is 9.24. The van der Waals surface area contributed by atoms with Crippen LogP contribution in [-0.2, 0) is 0 Å². The number of benzene rings is 1. The molecule has 22 heavy (non-hydrogen) atoms. The Morgan fingerprint density at radius 3 is 2.50 bits per heavy atom. The summed E-state index contributed by atoms with van der Waals surface area (Å²) in [6.07, 6.45) is 7.27. The van der Waals surface area contributed by atoms with E-state index >= 15 is 0 Å². The third-order valence-electron chi connectivity index (χ3n) is 6.52. The lowest BCUT2D eigenvalue weighted by Gasteiger charge is -2.33. The first-order chi connectivity index (χ1) is 10.7. The number of fused-ring (bicyclic) bond motifs is 1. The van der Waals surface area contributed by atoms with Crippen LogP contribution in [0.1, 0.15) is 49.3 Å². The Morgan fingerprint density at radius 2 is 1.73 bits per heavy atom. The lowest BCUT2D eigenvalue weighted by molar-refractivity contribution is 0.157.